The van der Waals surface area contributed by atoms with Gasteiger partial charge < -0.3 is 44.3 Å². The molecule has 0 aromatic heterocycles. The third-order valence-electron chi connectivity index (χ3n) is 9.58. The zero-order valence-corrected chi connectivity index (χ0v) is 20.4. The van der Waals surface area contributed by atoms with Crippen LogP contribution < -0.4 is 5.32 Å². The number of hydrogen-bond donors (Lipinski definition) is 4. The van der Waals surface area contributed by atoms with Gasteiger partial charge in [-0.05, 0) is 24.7 Å². The second-order valence-electron chi connectivity index (χ2n) is 11.8. The minimum atomic E-state index is -2.39. The Balaban J connectivity index is 1.60. The van der Waals surface area contributed by atoms with Crippen molar-refractivity contribution in [3.05, 3.63) is 0 Å². The van der Waals surface area contributed by atoms with Crippen molar-refractivity contribution in [1.82, 2.24) is 5.32 Å². The van der Waals surface area contributed by atoms with Crippen molar-refractivity contribution in [2.24, 2.45) is 28.1 Å². The van der Waals surface area contributed by atoms with Gasteiger partial charge in [0.05, 0.1) is 16.7 Å². The Bertz CT molecular complexity index is 1160. The van der Waals surface area contributed by atoms with Crippen LogP contribution in [-0.4, -0.2) is 93.7 Å². The fourth-order valence-corrected chi connectivity index (χ4v) is 8.53. The number of aliphatic carboxylic acids is 1. The van der Waals surface area contributed by atoms with Crippen LogP contribution in [0.5, 0.6) is 0 Å². The van der Waals surface area contributed by atoms with Crippen LogP contribution in [0.4, 0.5) is 4.79 Å². The third-order valence-corrected chi connectivity index (χ3v) is 9.58. The van der Waals surface area contributed by atoms with E-state index in [4.69, 9.17) is 28.8 Å². The van der Waals surface area contributed by atoms with E-state index in [1.165, 1.54) is 6.92 Å². The molecule has 6 fully saturated rings. The highest BCUT2D eigenvalue weighted by Crippen LogP contribution is 2.84. The Morgan fingerprint density at radius 3 is 2.43 bits per heavy atom. The van der Waals surface area contributed by atoms with E-state index in [1.54, 1.807) is 0 Å². The number of carboxylic acid groups (broad SMARTS) is 1. The number of aliphatic hydroxyl groups excluding tert-OH is 1. The van der Waals surface area contributed by atoms with E-state index in [2.05, 4.69) is 0 Å². The van der Waals surface area contributed by atoms with Gasteiger partial charge in [-0.15, -0.1) is 0 Å². The molecule has 1 amide bonds. The number of amides is 1. The van der Waals surface area contributed by atoms with Gasteiger partial charge in [-0.3, -0.25) is 9.59 Å². The molecule has 37 heavy (non-hydrogen) atoms. The molecule has 2 spiro atoms. The SMILES string of the molecule is C[C@@H]1C(=O)OC2[C@H](O)C34C5C[C@@H](C(C)(C)C)C36[C@@H](OC(=O)[C@@H]6OC(=O)NCC(=O)O)OC4(C(=O)O5)[C@]21O. The van der Waals surface area contributed by atoms with Crippen LogP contribution in [0.3, 0.4) is 0 Å². The van der Waals surface area contributed by atoms with E-state index >= 15 is 0 Å². The second-order valence-corrected chi connectivity index (χ2v) is 11.8. The Labute approximate surface area is 209 Å². The molecule has 0 radical (unpaired) electrons. The van der Waals surface area contributed by atoms with Gasteiger partial charge in [0.15, 0.2) is 11.7 Å². The zero-order valence-electron chi connectivity index (χ0n) is 20.4. The van der Waals surface area contributed by atoms with Gasteiger partial charge in [0, 0.05) is 0 Å². The summed E-state index contributed by atoms with van der Waals surface area (Å²) in [6.07, 6.45) is -9.00. The molecule has 11 atom stereocenters. The van der Waals surface area contributed by atoms with Gasteiger partial charge in [0.25, 0.3) is 0 Å². The molecule has 6 aliphatic rings. The third kappa shape index (κ3) is 2.21. The average Bonchev–Trinajstić information content (AvgIpc) is 3.51. The van der Waals surface area contributed by atoms with Crippen molar-refractivity contribution in [2.45, 2.75) is 76.0 Å². The lowest BCUT2D eigenvalue weighted by Crippen LogP contribution is -2.67. The van der Waals surface area contributed by atoms with E-state index in [9.17, 15) is 34.2 Å². The van der Waals surface area contributed by atoms with Crippen LogP contribution in [0.25, 0.3) is 0 Å². The number of carboxylic acids is 1. The number of rotatable bonds is 3. The first-order valence-electron chi connectivity index (χ1n) is 12.0. The second kappa shape index (κ2) is 6.72. The van der Waals surface area contributed by atoms with Crippen LogP contribution in [-0.2, 0) is 42.9 Å². The van der Waals surface area contributed by atoms with Crippen molar-refractivity contribution >= 4 is 30.0 Å². The monoisotopic (exact) mass is 525 g/mol. The maximum absolute atomic E-state index is 13.7. The molecule has 4 N–H and O–H groups in total. The smallest absolute Gasteiger partial charge is 0.408 e. The normalized spacial score (nSPS) is 50.5. The molecule has 5 unspecified atom stereocenters. The number of ether oxygens (including phenoxy) is 5. The van der Waals surface area contributed by atoms with Gasteiger partial charge >= 0.3 is 30.0 Å². The van der Waals surface area contributed by atoms with Crippen LogP contribution in [0, 0.1) is 28.1 Å². The molecule has 14 nitrogen and oxygen atoms in total. The first-order chi connectivity index (χ1) is 17.1. The zero-order chi connectivity index (χ0) is 27.1. The maximum Gasteiger partial charge on any atom is 0.408 e. The number of nitrogens with one attached hydrogen (secondary N) is 1. The minimum absolute atomic E-state index is 0.0896. The number of alkyl carbamates (subject to hydrolysis) is 1. The number of carbonyl (C=O) groups excluding carboxylic acids is 4. The van der Waals surface area contributed by atoms with E-state index in [1.807, 2.05) is 26.1 Å². The molecule has 4 saturated heterocycles. The van der Waals surface area contributed by atoms with Crippen LogP contribution in [0.2, 0.25) is 0 Å². The highest BCUT2D eigenvalue weighted by atomic mass is 16.8. The van der Waals surface area contributed by atoms with E-state index < -0.39 is 107 Å². The van der Waals surface area contributed by atoms with Gasteiger partial charge in [0.1, 0.15) is 18.8 Å². The van der Waals surface area contributed by atoms with Gasteiger partial charge in [-0.2, -0.15) is 0 Å². The predicted molar refractivity (Wildman–Crippen MR) is 112 cm³/mol. The van der Waals surface area contributed by atoms with E-state index in [0.717, 1.165) is 0 Å². The molecule has 2 saturated carbocycles. The fourth-order valence-electron chi connectivity index (χ4n) is 8.53. The summed E-state index contributed by atoms with van der Waals surface area (Å²) in [6, 6.07) is 0. The Morgan fingerprint density at radius 1 is 1.14 bits per heavy atom. The largest absolute Gasteiger partial charge is 0.480 e. The number of fused-ring (bicyclic) bond motifs is 1. The van der Waals surface area contributed by atoms with Gasteiger partial charge in [-0.25, -0.2) is 14.4 Å². The molecule has 0 bridgehead atoms. The Morgan fingerprint density at radius 2 is 1.81 bits per heavy atom. The molecule has 6 rings (SSSR count). The van der Waals surface area contributed by atoms with Crippen molar-refractivity contribution < 1.29 is 63.0 Å². The molecule has 0 aromatic rings. The summed E-state index contributed by atoms with van der Waals surface area (Å²) >= 11 is 0. The highest BCUT2D eigenvalue weighted by molar-refractivity contribution is 5.94. The Hall–Kier alpha value is -2.97. The van der Waals surface area contributed by atoms with E-state index in [-0.39, 0.29) is 6.42 Å². The number of esters is 3. The van der Waals surface area contributed by atoms with Crippen LogP contribution in [0.15, 0.2) is 0 Å². The molecule has 14 heteroatoms. The fraction of sp³-hybridized carbons (Fsp3) is 0.783. The summed E-state index contributed by atoms with van der Waals surface area (Å²) in [4.78, 5) is 63.0. The lowest BCUT2D eigenvalue weighted by Gasteiger charge is -2.48. The summed E-state index contributed by atoms with van der Waals surface area (Å²) < 4.78 is 28.4. The van der Waals surface area contributed by atoms with Crippen molar-refractivity contribution in [3.63, 3.8) is 0 Å². The van der Waals surface area contributed by atoms with Crippen LogP contribution in [0.1, 0.15) is 34.1 Å². The number of aliphatic hydroxyl groups is 2. The molecule has 4 aliphatic heterocycles. The molecule has 202 valence electrons. The highest BCUT2D eigenvalue weighted by Gasteiger charge is 3.04. The standard InChI is InChI=1S/C23H27NO13/c1-7-14(28)34-12-11(27)21-9-5-8(19(2,3)4)20(21)13(35-18(31)24-6-10(25)26)15(29)36-17(20)37-23(21,16(30)33-9)22(7,12)32/h7-9,11-13,17,27,32H,5-6H2,1-4H3,(H,24,31)(H,25,26)/t7-,8+,9?,11+,12?,13+,17+,20?,21?,22-,23?/m1/s1. The van der Waals surface area contributed by atoms with Crippen molar-refractivity contribution in [1.29, 1.82) is 0 Å². The summed E-state index contributed by atoms with van der Waals surface area (Å²) in [5.41, 5.74) is -9.14. The van der Waals surface area contributed by atoms with Gasteiger partial charge in [-0.1, -0.05) is 20.8 Å². The summed E-state index contributed by atoms with van der Waals surface area (Å²) in [5, 5.41) is 34.9. The van der Waals surface area contributed by atoms with Crippen LogP contribution >= 0.6 is 0 Å². The topological polar surface area (TPSA) is 204 Å². The molecule has 0 aromatic carbocycles. The van der Waals surface area contributed by atoms with Crippen molar-refractivity contribution in [3.8, 4) is 0 Å². The molecule has 4 heterocycles. The lowest BCUT2D eigenvalue weighted by atomic mass is 9.51. The summed E-state index contributed by atoms with van der Waals surface area (Å²) in [6.45, 7) is 6.06. The quantitative estimate of drug-likeness (QED) is 0.244. The lowest BCUT2D eigenvalue weighted by molar-refractivity contribution is -0.239. The number of carbonyl (C=O) groups is 5. The average molecular weight is 525 g/mol. The number of hydrogen-bond acceptors (Lipinski definition) is 12. The van der Waals surface area contributed by atoms with Gasteiger partial charge in [0.2, 0.25) is 18.0 Å². The predicted octanol–water partition coefficient (Wildman–Crippen LogP) is -1.55. The Kier molecular flexibility index (Phi) is 4.42. The minimum Gasteiger partial charge on any atom is -0.480 e. The molecular weight excluding hydrogens is 498 g/mol. The van der Waals surface area contributed by atoms with E-state index in [0.29, 0.717) is 0 Å². The maximum atomic E-state index is 13.7. The molecular formula is C23H27NO13. The molecule has 2 aliphatic carbocycles. The summed E-state index contributed by atoms with van der Waals surface area (Å²) in [5.74, 6) is -6.27. The van der Waals surface area contributed by atoms with Crippen molar-refractivity contribution in [2.75, 3.05) is 6.54 Å². The first-order valence-corrected chi connectivity index (χ1v) is 12.0. The first kappa shape index (κ1) is 24.4. The summed E-state index contributed by atoms with van der Waals surface area (Å²) in [7, 11) is 0.